The fourth-order valence-corrected chi connectivity index (χ4v) is 6.84. The summed E-state index contributed by atoms with van der Waals surface area (Å²) in [6.07, 6.45) is 1.31. The number of sulfonamides is 1. The van der Waals surface area contributed by atoms with E-state index in [4.69, 9.17) is 4.42 Å². The maximum Gasteiger partial charge on any atom is 0.321 e. The number of carbonyl (C=O) groups excluding carboxylic acids is 1. The number of nitrogens with one attached hydrogen (secondary N) is 2. The Morgan fingerprint density at radius 2 is 1.45 bits per heavy atom. The molecule has 8 nitrogen and oxygen atoms in total. The molecule has 0 aliphatic carbocycles. The highest BCUT2D eigenvalue weighted by Gasteiger charge is 2.26. The van der Waals surface area contributed by atoms with Gasteiger partial charge in [0.15, 0.2) is 0 Å². The van der Waals surface area contributed by atoms with Crippen LogP contribution in [0.3, 0.4) is 0 Å². The zero-order valence-electron chi connectivity index (χ0n) is 26.4. The Morgan fingerprint density at radius 3 is 2.07 bits per heavy atom. The van der Waals surface area contributed by atoms with Crippen LogP contribution in [0, 0.1) is 0 Å². The Bertz CT molecular complexity index is 1720. The molecule has 1 atom stereocenters. The van der Waals surface area contributed by atoms with Gasteiger partial charge in [-0.3, -0.25) is 9.59 Å². The van der Waals surface area contributed by atoms with Crippen LogP contribution in [0.4, 0.5) is 0 Å². The Balaban J connectivity index is 1.35. The topological polar surface area (TPSA) is 126 Å². The summed E-state index contributed by atoms with van der Waals surface area (Å²) >= 11 is 0. The number of carboxylic acids is 1. The largest absolute Gasteiger partial charge is 0.480 e. The van der Waals surface area contributed by atoms with E-state index in [0.29, 0.717) is 41.9 Å². The monoisotopic (exact) mass is 620 g/mol. The van der Waals surface area contributed by atoms with E-state index in [-0.39, 0.29) is 35.5 Å². The van der Waals surface area contributed by atoms with E-state index in [0.717, 1.165) is 10.9 Å². The lowest BCUT2D eigenvalue weighted by Crippen LogP contribution is -2.40. The van der Waals surface area contributed by atoms with Crippen molar-refractivity contribution in [1.29, 1.82) is 0 Å². The molecule has 0 aliphatic rings. The maximum absolute atomic E-state index is 13.1. The molecule has 44 heavy (non-hydrogen) atoms. The van der Waals surface area contributed by atoms with Gasteiger partial charge in [0.25, 0.3) is 0 Å². The molecule has 0 bridgehead atoms. The molecule has 0 saturated carbocycles. The highest BCUT2D eigenvalue weighted by atomic mass is 32.2. The fourth-order valence-electron chi connectivity index (χ4n) is 5.59. The number of hydrogen-bond donors (Lipinski definition) is 3. The number of hydrogen-bond acceptors (Lipinski definition) is 5. The van der Waals surface area contributed by atoms with Crippen LogP contribution < -0.4 is 10.0 Å². The Kier molecular flexibility index (Phi) is 10.5. The lowest BCUT2D eigenvalue weighted by molar-refractivity contribution is -0.139. The fraction of sp³-hybridized carbons (Fsp3) is 0.429. The van der Waals surface area contributed by atoms with Gasteiger partial charge in [-0.25, -0.2) is 8.42 Å². The molecule has 1 heterocycles. The summed E-state index contributed by atoms with van der Waals surface area (Å²) in [5, 5.41) is 14.2. The molecule has 1 unspecified atom stereocenters. The van der Waals surface area contributed by atoms with Gasteiger partial charge in [-0.15, -0.1) is 0 Å². The third kappa shape index (κ3) is 7.68. The number of amides is 1. The van der Waals surface area contributed by atoms with Gasteiger partial charge in [-0.1, -0.05) is 71.9 Å². The molecular weight excluding hydrogens is 576 g/mol. The lowest BCUT2D eigenvalue weighted by atomic mass is 9.83. The van der Waals surface area contributed by atoms with E-state index in [1.165, 1.54) is 28.8 Å². The van der Waals surface area contributed by atoms with Crippen molar-refractivity contribution in [3.63, 3.8) is 0 Å². The van der Waals surface area contributed by atoms with Crippen LogP contribution >= 0.6 is 0 Å². The summed E-state index contributed by atoms with van der Waals surface area (Å²) in [5.41, 5.74) is 5.96. The molecular formula is C35H44N2O6S. The van der Waals surface area contributed by atoms with Crippen LogP contribution in [-0.2, 0) is 26.0 Å². The van der Waals surface area contributed by atoms with Crippen LogP contribution in [0.5, 0.6) is 0 Å². The zero-order chi connectivity index (χ0) is 32.2. The Hall–Kier alpha value is -3.69. The first-order valence-corrected chi connectivity index (χ1v) is 16.9. The maximum atomic E-state index is 13.1. The van der Waals surface area contributed by atoms with Crippen molar-refractivity contribution in [3.05, 3.63) is 76.9 Å². The van der Waals surface area contributed by atoms with Crippen LogP contribution in [-0.4, -0.2) is 38.0 Å². The summed E-state index contributed by atoms with van der Waals surface area (Å²) in [7, 11) is -4.11. The number of benzene rings is 3. The number of unbranched alkanes of at least 4 members (excludes halogenated alkanes) is 1. The number of carboxylic acid groups (broad SMARTS) is 1. The first-order chi connectivity index (χ1) is 20.8. The molecule has 0 radical (unpaired) electrons. The van der Waals surface area contributed by atoms with Gasteiger partial charge in [0.2, 0.25) is 15.9 Å². The highest BCUT2D eigenvalue weighted by Crippen LogP contribution is 2.33. The molecule has 3 aromatic carbocycles. The molecule has 0 saturated heterocycles. The van der Waals surface area contributed by atoms with Crippen molar-refractivity contribution in [1.82, 2.24) is 10.0 Å². The smallest absolute Gasteiger partial charge is 0.321 e. The zero-order valence-corrected chi connectivity index (χ0v) is 27.3. The predicted molar refractivity (Wildman–Crippen MR) is 175 cm³/mol. The van der Waals surface area contributed by atoms with Crippen LogP contribution in [0.15, 0.2) is 63.9 Å². The quantitative estimate of drug-likeness (QED) is 0.128. The minimum atomic E-state index is -4.11. The second-order valence-corrected chi connectivity index (χ2v) is 14.1. The molecule has 1 aromatic heterocycles. The van der Waals surface area contributed by atoms with E-state index in [1.807, 2.05) is 18.2 Å². The molecule has 0 spiro atoms. The van der Waals surface area contributed by atoms with Crippen molar-refractivity contribution < 1.29 is 27.5 Å². The van der Waals surface area contributed by atoms with Gasteiger partial charge >= 0.3 is 5.97 Å². The minimum absolute atomic E-state index is 0.0296. The summed E-state index contributed by atoms with van der Waals surface area (Å²) in [5.74, 6) is -0.366. The minimum Gasteiger partial charge on any atom is -0.480 e. The molecule has 1 amide bonds. The summed E-state index contributed by atoms with van der Waals surface area (Å²) < 4.78 is 34.4. The number of fused-ring (bicyclic) bond motifs is 3. The molecule has 3 N–H and O–H groups in total. The Morgan fingerprint density at radius 1 is 0.818 bits per heavy atom. The normalized spacial score (nSPS) is 12.9. The third-order valence-corrected chi connectivity index (χ3v) is 9.55. The average Bonchev–Trinajstić information content (AvgIpc) is 3.34. The first kappa shape index (κ1) is 33.2. The van der Waals surface area contributed by atoms with Gasteiger partial charge in [0, 0.05) is 17.3 Å². The first-order valence-electron chi connectivity index (χ1n) is 15.4. The number of aliphatic carboxylic acids is 1. The second-order valence-electron chi connectivity index (χ2n) is 12.4. The molecule has 0 fully saturated rings. The van der Waals surface area contributed by atoms with E-state index in [1.54, 1.807) is 12.1 Å². The van der Waals surface area contributed by atoms with E-state index in [2.05, 4.69) is 63.7 Å². The average molecular weight is 621 g/mol. The highest BCUT2D eigenvalue weighted by molar-refractivity contribution is 7.89. The van der Waals surface area contributed by atoms with Gasteiger partial charge in [0.05, 0.1) is 11.3 Å². The summed E-state index contributed by atoms with van der Waals surface area (Å²) in [6.45, 7) is 13.3. The standard InChI is InChI=1S/C35H44N2O6S/c1-21(2)24-17-27(22(3)4)29(28(18-24)23(5)6)20-34(38)36-16-10-9-12-31(35(39)40)37-44(41,42)25-14-15-33-30(19-25)26-11-7-8-13-32(26)43-33/h7-8,11,13-15,17-19,21-23,31,37H,9-10,12,16,20H2,1-6H3,(H,36,38)(H,39,40). The molecule has 9 heteroatoms. The van der Waals surface area contributed by atoms with Crippen LogP contribution in [0.25, 0.3) is 21.9 Å². The van der Waals surface area contributed by atoms with Crippen LogP contribution in [0.1, 0.15) is 101 Å². The van der Waals surface area contributed by atoms with Crippen molar-refractivity contribution >= 4 is 43.8 Å². The molecule has 236 valence electrons. The van der Waals surface area contributed by atoms with Gasteiger partial charge in [0.1, 0.15) is 17.2 Å². The number of rotatable bonds is 14. The number of para-hydroxylation sites is 1. The van der Waals surface area contributed by atoms with Crippen molar-refractivity contribution in [2.75, 3.05) is 6.54 Å². The van der Waals surface area contributed by atoms with E-state index >= 15 is 0 Å². The number of carbonyl (C=O) groups is 2. The second kappa shape index (κ2) is 13.9. The number of furan rings is 1. The molecule has 0 aliphatic heterocycles. The van der Waals surface area contributed by atoms with Gasteiger partial charge < -0.3 is 14.8 Å². The van der Waals surface area contributed by atoms with Gasteiger partial charge in [-0.05, 0) is 83.5 Å². The molecule has 4 rings (SSSR count). The molecule has 4 aromatic rings. The third-order valence-electron chi connectivity index (χ3n) is 8.09. The van der Waals surface area contributed by atoms with E-state index in [9.17, 15) is 23.1 Å². The van der Waals surface area contributed by atoms with Crippen LogP contribution in [0.2, 0.25) is 0 Å². The summed E-state index contributed by atoms with van der Waals surface area (Å²) in [6, 6.07) is 15.0. The summed E-state index contributed by atoms with van der Waals surface area (Å²) in [4.78, 5) is 24.9. The SMILES string of the molecule is CC(C)c1cc(C(C)C)c(CC(=O)NCCCCC(NS(=O)(=O)c2ccc3oc4ccccc4c3c2)C(=O)O)c(C(C)C)c1. The van der Waals surface area contributed by atoms with Crippen molar-refractivity contribution in [3.8, 4) is 0 Å². The lowest BCUT2D eigenvalue weighted by Gasteiger charge is -2.23. The van der Waals surface area contributed by atoms with E-state index < -0.39 is 22.0 Å². The Labute approximate surface area is 260 Å². The van der Waals surface area contributed by atoms with Gasteiger partial charge in [-0.2, -0.15) is 4.72 Å². The van der Waals surface area contributed by atoms with Crippen molar-refractivity contribution in [2.45, 2.75) is 95.9 Å². The van der Waals surface area contributed by atoms with Crippen molar-refractivity contribution in [2.24, 2.45) is 0 Å². The predicted octanol–water partition coefficient (Wildman–Crippen LogP) is 7.22.